The molecule has 0 spiro atoms. The molecular weight excluding hydrogens is 268 g/mol. The summed E-state index contributed by atoms with van der Waals surface area (Å²) in [6.45, 7) is 5.02. The van der Waals surface area contributed by atoms with Gasteiger partial charge in [0.25, 0.3) is 0 Å². The zero-order valence-electron chi connectivity index (χ0n) is 12.5. The number of carboxylic acid groups (broad SMARTS) is 1. The second kappa shape index (κ2) is 6.72. The molecule has 0 radical (unpaired) electrons. The number of benzene rings is 1. The average molecular weight is 290 g/mol. The molecule has 0 aliphatic carbocycles. The fourth-order valence-corrected chi connectivity index (χ4v) is 2.63. The Kier molecular flexibility index (Phi) is 4.96. The van der Waals surface area contributed by atoms with Crippen molar-refractivity contribution in [1.29, 1.82) is 0 Å². The van der Waals surface area contributed by atoms with E-state index in [2.05, 4.69) is 11.4 Å². The van der Waals surface area contributed by atoms with Crippen LogP contribution < -0.4 is 5.32 Å². The Labute approximate surface area is 125 Å². The quantitative estimate of drug-likeness (QED) is 0.857. The first-order valence-corrected chi connectivity index (χ1v) is 7.29. The van der Waals surface area contributed by atoms with Crippen LogP contribution in [-0.2, 0) is 22.6 Å². The van der Waals surface area contributed by atoms with E-state index >= 15 is 0 Å². The van der Waals surface area contributed by atoms with Crippen molar-refractivity contribution in [3.63, 3.8) is 0 Å². The van der Waals surface area contributed by atoms with Gasteiger partial charge in [-0.15, -0.1) is 0 Å². The molecule has 2 rings (SSSR count). The van der Waals surface area contributed by atoms with Gasteiger partial charge in [-0.1, -0.05) is 38.1 Å². The van der Waals surface area contributed by atoms with Crippen LogP contribution >= 0.6 is 0 Å². The van der Waals surface area contributed by atoms with E-state index in [0.29, 0.717) is 13.1 Å². The fourth-order valence-electron chi connectivity index (χ4n) is 2.63. The third kappa shape index (κ3) is 3.82. The number of carboxylic acids is 1. The van der Waals surface area contributed by atoms with Crippen LogP contribution in [0.25, 0.3) is 0 Å². The Balaban J connectivity index is 1.92. The van der Waals surface area contributed by atoms with E-state index < -0.39 is 12.0 Å². The molecule has 5 nitrogen and oxygen atoms in total. The first kappa shape index (κ1) is 15.5. The molecule has 1 aromatic carbocycles. The number of nitrogens with one attached hydrogen (secondary N) is 1. The summed E-state index contributed by atoms with van der Waals surface area (Å²) >= 11 is 0. The third-order valence-electron chi connectivity index (χ3n) is 3.89. The first-order valence-electron chi connectivity index (χ1n) is 7.29. The van der Waals surface area contributed by atoms with E-state index in [1.165, 1.54) is 11.1 Å². The predicted molar refractivity (Wildman–Crippen MR) is 79.8 cm³/mol. The Morgan fingerprint density at radius 3 is 2.57 bits per heavy atom. The van der Waals surface area contributed by atoms with Crippen molar-refractivity contribution >= 4 is 11.9 Å². The molecule has 5 heteroatoms. The van der Waals surface area contributed by atoms with Crippen molar-refractivity contribution in [3.05, 3.63) is 35.4 Å². The van der Waals surface area contributed by atoms with Crippen LogP contribution in [0.2, 0.25) is 0 Å². The average Bonchev–Trinajstić information content (AvgIpc) is 2.46. The van der Waals surface area contributed by atoms with Crippen molar-refractivity contribution in [1.82, 2.24) is 10.2 Å². The molecule has 0 bridgehead atoms. The summed E-state index contributed by atoms with van der Waals surface area (Å²) in [4.78, 5) is 25.1. The van der Waals surface area contributed by atoms with Gasteiger partial charge in [0.1, 0.15) is 6.04 Å². The Hall–Kier alpha value is -1.88. The molecule has 0 fully saturated rings. The Morgan fingerprint density at radius 1 is 1.29 bits per heavy atom. The van der Waals surface area contributed by atoms with Crippen LogP contribution in [0, 0.1) is 5.92 Å². The van der Waals surface area contributed by atoms with Crippen LogP contribution in [-0.4, -0.2) is 41.0 Å². The number of hydrogen-bond acceptors (Lipinski definition) is 3. The molecule has 1 atom stereocenters. The van der Waals surface area contributed by atoms with E-state index in [9.17, 15) is 9.59 Å². The van der Waals surface area contributed by atoms with Crippen molar-refractivity contribution in [2.75, 3.05) is 13.1 Å². The van der Waals surface area contributed by atoms with E-state index in [0.717, 1.165) is 6.42 Å². The summed E-state index contributed by atoms with van der Waals surface area (Å²) in [6, 6.07) is 7.43. The van der Waals surface area contributed by atoms with Gasteiger partial charge in [0.05, 0.1) is 6.54 Å². The monoisotopic (exact) mass is 290 g/mol. The van der Waals surface area contributed by atoms with E-state index in [4.69, 9.17) is 5.11 Å². The summed E-state index contributed by atoms with van der Waals surface area (Å²) in [7, 11) is 0. The number of nitrogens with zero attached hydrogens (tertiary/aromatic N) is 1. The maximum Gasteiger partial charge on any atom is 0.320 e. The molecule has 0 saturated carbocycles. The predicted octanol–water partition coefficient (Wildman–Crippen LogP) is 1.27. The molecule has 0 aromatic heterocycles. The molecular formula is C16H22N2O3. The molecule has 1 amide bonds. The highest BCUT2D eigenvalue weighted by Crippen LogP contribution is 2.18. The third-order valence-corrected chi connectivity index (χ3v) is 3.89. The number of hydrogen-bond donors (Lipinski definition) is 2. The second-order valence-electron chi connectivity index (χ2n) is 5.77. The van der Waals surface area contributed by atoms with Gasteiger partial charge in [0, 0.05) is 13.1 Å². The number of carbonyl (C=O) groups is 2. The van der Waals surface area contributed by atoms with Gasteiger partial charge < -0.3 is 10.0 Å². The molecule has 1 aromatic rings. The highest BCUT2D eigenvalue weighted by Gasteiger charge is 2.24. The van der Waals surface area contributed by atoms with E-state index in [-0.39, 0.29) is 18.4 Å². The summed E-state index contributed by atoms with van der Waals surface area (Å²) in [5.41, 5.74) is 2.47. The van der Waals surface area contributed by atoms with Crippen molar-refractivity contribution in [3.8, 4) is 0 Å². The first-order chi connectivity index (χ1) is 9.99. The van der Waals surface area contributed by atoms with Crippen LogP contribution in [0.15, 0.2) is 24.3 Å². The number of amides is 1. The van der Waals surface area contributed by atoms with Gasteiger partial charge in [-0.2, -0.15) is 0 Å². The van der Waals surface area contributed by atoms with Gasteiger partial charge in [-0.3, -0.25) is 14.9 Å². The molecule has 1 aliphatic rings. The van der Waals surface area contributed by atoms with Crippen LogP contribution in [0.4, 0.5) is 0 Å². The lowest BCUT2D eigenvalue weighted by molar-refractivity contribution is -0.141. The minimum absolute atomic E-state index is 0.0450. The Morgan fingerprint density at radius 2 is 1.95 bits per heavy atom. The minimum atomic E-state index is -0.915. The van der Waals surface area contributed by atoms with Crippen molar-refractivity contribution in [2.24, 2.45) is 5.92 Å². The molecule has 2 N–H and O–H groups in total. The highest BCUT2D eigenvalue weighted by molar-refractivity contribution is 5.80. The summed E-state index contributed by atoms with van der Waals surface area (Å²) in [5, 5.41) is 12.0. The second-order valence-corrected chi connectivity index (χ2v) is 5.77. The molecule has 114 valence electrons. The van der Waals surface area contributed by atoms with E-state index in [1.807, 2.05) is 32.0 Å². The minimum Gasteiger partial charge on any atom is -0.480 e. The lowest BCUT2D eigenvalue weighted by Gasteiger charge is -2.29. The number of carbonyl (C=O) groups excluding carboxylic acids is 1. The van der Waals surface area contributed by atoms with Crippen molar-refractivity contribution < 1.29 is 14.7 Å². The van der Waals surface area contributed by atoms with Crippen LogP contribution in [0.1, 0.15) is 25.0 Å². The molecule has 1 aliphatic heterocycles. The lowest BCUT2D eigenvalue weighted by Crippen LogP contribution is -2.47. The van der Waals surface area contributed by atoms with Gasteiger partial charge in [0.2, 0.25) is 5.91 Å². The Bertz CT molecular complexity index is 528. The maximum absolute atomic E-state index is 12.2. The fraction of sp³-hybridized carbons (Fsp3) is 0.500. The zero-order chi connectivity index (χ0) is 15.4. The van der Waals surface area contributed by atoms with E-state index in [1.54, 1.807) is 4.90 Å². The molecule has 0 saturated heterocycles. The molecule has 1 heterocycles. The standard InChI is InChI=1S/C16H22N2O3/c1-11(2)15(16(20)21)17-9-14(19)18-8-7-12-5-3-4-6-13(12)10-18/h3-6,11,15,17H,7-10H2,1-2H3,(H,20,21). The maximum atomic E-state index is 12.2. The summed E-state index contributed by atoms with van der Waals surface area (Å²) < 4.78 is 0. The summed E-state index contributed by atoms with van der Waals surface area (Å²) in [5.74, 6) is -1.02. The summed E-state index contributed by atoms with van der Waals surface area (Å²) in [6.07, 6.45) is 0.856. The van der Waals surface area contributed by atoms with Crippen molar-refractivity contribution in [2.45, 2.75) is 32.9 Å². The van der Waals surface area contributed by atoms with Crippen LogP contribution in [0.3, 0.4) is 0 Å². The number of aliphatic carboxylic acids is 1. The van der Waals surface area contributed by atoms with Gasteiger partial charge in [-0.25, -0.2) is 0 Å². The topological polar surface area (TPSA) is 69.6 Å². The van der Waals surface area contributed by atoms with Crippen LogP contribution in [0.5, 0.6) is 0 Å². The SMILES string of the molecule is CC(C)C(NCC(=O)N1CCc2ccccc2C1)C(=O)O. The molecule has 21 heavy (non-hydrogen) atoms. The number of fused-ring (bicyclic) bond motifs is 1. The number of rotatable bonds is 5. The smallest absolute Gasteiger partial charge is 0.320 e. The normalized spacial score (nSPS) is 15.7. The zero-order valence-corrected chi connectivity index (χ0v) is 12.5. The van der Waals surface area contributed by atoms with Gasteiger partial charge >= 0.3 is 5.97 Å². The van der Waals surface area contributed by atoms with Gasteiger partial charge in [-0.05, 0) is 23.5 Å². The van der Waals surface area contributed by atoms with Gasteiger partial charge in [0.15, 0.2) is 0 Å². The highest BCUT2D eigenvalue weighted by atomic mass is 16.4. The largest absolute Gasteiger partial charge is 0.480 e. The lowest BCUT2D eigenvalue weighted by atomic mass is 10.00. The molecule has 1 unspecified atom stereocenters.